The van der Waals surface area contributed by atoms with Gasteiger partial charge in [-0.1, -0.05) is 6.42 Å². The van der Waals surface area contributed by atoms with Crippen LogP contribution < -0.4 is 5.73 Å². The monoisotopic (exact) mass is 209 g/mol. The minimum absolute atomic E-state index is 0.187. The third-order valence-electron chi connectivity index (χ3n) is 2.39. The summed E-state index contributed by atoms with van der Waals surface area (Å²) in [5.41, 5.74) is 6.11. The van der Waals surface area contributed by atoms with Crippen molar-refractivity contribution < 1.29 is 4.79 Å². The third-order valence-corrected chi connectivity index (χ3v) is 2.39. The number of nitrogens with zero attached hydrogens (tertiary/aromatic N) is 2. The second-order valence-electron chi connectivity index (χ2n) is 3.61. The molecule has 1 rings (SSSR count). The second kappa shape index (κ2) is 6.35. The molecular weight excluding hydrogens is 190 g/mol. The number of Topliss-reactive ketones (excluding diaryl/α,β-unsaturated/α-hetero) is 1. The highest BCUT2D eigenvalue weighted by atomic mass is 16.1. The zero-order valence-corrected chi connectivity index (χ0v) is 9.28. The Balaban J connectivity index is 2.33. The van der Waals surface area contributed by atoms with Gasteiger partial charge in [0.15, 0.2) is 5.78 Å². The summed E-state index contributed by atoms with van der Waals surface area (Å²) < 4.78 is 1.77. The van der Waals surface area contributed by atoms with E-state index in [-0.39, 0.29) is 5.78 Å². The molecule has 0 bridgehead atoms. The highest BCUT2D eigenvalue weighted by Gasteiger charge is 2.07. The molecule has 0 atom stereocenters. The van der Waals surface area contributed by atoms with Crippen LogP contribution in [0.2, 0.25) is 0 Å². The van der Waals surface area contributed by atoms with Gasteiger partial charge >= 0.3 is 0 Å². The van der Waals surface area contributed by atoms with Crippen LogP contribution in [0.4, 0.5) is 0 Å². The molecule has 0 saturated carbocycles. The van der Waals surface area contributed by atoms with Gasteiger partial charge in [0.25, 0.3) is 0 Å². The first-order valence-corrected chi connectivity index (χ1v) is 5.53. The average molecular weight is 209 g/mol. The lowest BCUT2D eigenvalue weighted by atomic mass is 10.1. The van der Waals surface area contributed by atoms with Gasteiger partial charge in [-0.05, 0) is 26.3 Å². The molecule has 0 fully saturated rings. The van der Waals surface area contributed by atoms with Gasteiger partial charge in [0.1, 0.15) is 0 Å². The van der Waals surface area contributed by atoms with Crippen molar-refractivity contribution in [3.8, 4) is 0 Å². The quantitative estimate of drug-likeness (QED) is 0.548. The van der Waals surface area contributed by atoms with Crippen molar-refractivity contribution in [1.82, 2.24) is 9.78 Å². The maximum atomic E-state index is 11.7. The number of carbonyl (C=O) groups is 1. The SMILES string of the molecule is CCn1cc(C(=O)CCCCCN)cn1. The first-order chi connectivity index (χ1) is 7.27. The molecule has 0 radical (unpaired) electrons. The zero-order valence-electron chi connectivity index (χ0n) is 9.28. The number of aromatic nitrogens is 2. The average Bonchev–Trinajstić information content (AvgIpc) is 2.72. The Kier molecular flexibility index (Phi) is 5.04. The van der Waals surface area contributed by atoms with Gasteiger partial charge in [-0.25, -0.2) is 0 Å². The number of hydrogen-bond donors (Lipinski definition) is 1. The Morgan fingerprint density at radius 1 is 1.47 bits per heavy atom. The fraction of sp³-hybridized carbons (Fsp3) is 0.636. The van der Waals surface area contributed by atoms with Crippen LogP contribution in [0.15, 0.2) is 12.4 Å². The normalized spacial score (nSPS) is 10.5. The molecule has 0 aliphatic carbocycles. The van der Waals surface area contributed by atoms with Crippen molar-refractivity contribution in [1.29, 1.82) is 0 Å². The van der Waals surface area contributed by atoms with Crippen LogP contribution in [0, 0.1) is 0 Å². The molecule has 1 aromatic rings. The van der Waals surface area contributed by atoms with Crippen molar-refractivity contribution in [3.05, 3.63) is 18.0 Å². The molecule has 0 unspecified atom stereocenters. The molecule has 0 spiro atoms. The van der Waals surface area contributed by atoms with Gasteiger partial charge < -0.3 is 5.73 Å². The predicted molar refractivity (Wildman–Crippen MR) is 59.8 cm³/mol. The van der Waals surface area contributed by atoms with E-state index >= 15 is 0 Å². The summed E-state index contributed by atoms with van der Waals surface area (Å²) in [5, 5.41) is 4.08. The summed E-state index contributed by atoms with van der Waals surface area (Å²) in [5.74, 6) is 0.187. The fourth-order valence-corrected chi connectivity index (χ4v) is 1.43. The van der Waals surface area contributed by atoms with Gasteiger partial charge in [-0.15, -0.1) is 0 Å². The highest BCUT2D eigenvalue weighted by molar-refractivity contribution is 5.95. The van der Waals surface area contributed by atoms with Crippen molar-refractivity contribution in [2.75, 3.05) is 6.54 Å². The standard InChI is InChI=1S/C11H19N3O/c1-2-14-9-10(8-13-14)11(15)6-4-3-5-7-12/h8-9H,2-7,12H2,1H3. The first-order valence-electron chi connectivity index (χ1n) is 5.53. The van der Waals surface area contributed by atoms with Gasteiger partial charge in [-0.3, -0.25) is 9.48 Å². The van der Waals surface area contributed by atoms with E-state index in [1.54, 1.807) is 10.9 Å². The van der Waals surface area contributed by atoms with Gasteiger partial charge in [0, 0.05) is 19.2 Å². The van der Waals surface area contributed by atoms with E-state index in [0.717, 1.165) is 31.4 Å². The van der Waals surface area contributed by atoms with E-state index in [9.17, 15) is 4.79 Å². The second-order valence-corrected chi connectivity index (χ2v) is 3.61. The largest absolute Gasteiger partial charge is 0.330 e. The molecule has 2 N–H and O–H groups in total. The van der Waals surface area contributed by atoms with E-state index in [0.29, 0.717) is 13.0 Å². The summed E-state index contributed by atoms with van der Waals surface area (Å²) in [6.07, 6.45) is 7.02. The van der Waals surface area contributed by atoms with Gasteiger partial charge in [0.05, 0.1) is 11.8 Å². The Labute approximate surface area is 90.5 Å². The van der Waals surface area contributed by atoms with Gasteiger partial charge in [-0.2, -0.15) is 5.10 Å². The molecule has 4 heteroatoms. The molecule has 4 nitrogen and oxygen atoms in total. The molecule has 1 heterocycles. The van der Waals surface area contributed by atoms with Crippen LogP contribution in [-0.4, -0.2) is 22.1 Å². The molecule has 0 saturated heterocycles. The number of hydrogen-bond acceptors (Lipinski definition) is 3. The Morgan fingerprint density at radius 3 is 2.87 bits per heavy atom. The summed E-state index contributed by atoms with van der Waals surface area (Å²) in [6, 6.07) is 0. The first kappa shape index (κ1) is 11.9. The van der Waals surface area contributed by atoms with Crippen LogP contribution in [0.5, 0.6) is 0 Å². The van der Waals surface area contributed by atoms with Gasteiger partial charge in [0.2, 0.25) is 0 Å². The molecular formula is C11H19N3O. The predicted octanol–water partition coefficient (Wildman–Crippen LogP) is 1.60. The van der Waals surface area contributed by atoms with Crippen molar-refractivity contribution in [2.24, 2.45) is 5.73 Å². The zero-order chi connectivity index (χ0) is 11.1. The van der Waals surface area contributed by atoms with Crippen molar-refractivity contribution in [3.63, 3.8) is 0 Å². The number of aryl methyl sites for hydroxylation is 1. The molecule has 0 aliphatic rings. The molecule has 84 valence electrons. The van der Waals surface area contributed by atoms with E-state index < -0.39 is 0 Å². The van der Waals surface area contributed by atoms with Crippen LogP contribution in [0.1, 0.15) is 43.0 Å². The Hall–Kier alpha value is -1.16. The summed E-state index contributed by atoms with van der Waals surface area (Å²) in [4.78, 5) is 11.7. The maximum Gasteiger partial charge on any atom is 0.166 e. The Morgan fingerprint density at radius 2 is 2.27 bits per heavy atom. The van der Waals surface area contributed by atoms with Crippen LogP contribution in [-0.2, 0) is 6.54 Å². The summed E-state index contributed by atoms with van der Waals surface area (Å²) >= 11 is 0. The van der Waals surface area contributed by atoms with Crippen LogP contribution in [0.25, 0.3) is 0 Å². The number of ketones is 1. The third kappa shape index (κ3) is 3.83. The minimum atomic E-state index is 0.187. The smallest absolute Gasteiger partial charge is 0.166 e. The lowest BCUT2D eigenvalue weighted by Gasteiger charge is -1.97. The van der Waals surface area contributed by atoms with E-state index in [2.05, 4.69) is 5.10 Å². The highest BCUT2D eigenvalue weighted by Crippen LogP contribution is 2.07. The lowest BCUT2D eigenvalue weighted by molar-refractivity contribution is 0.0979. The van der Waals surface area contributed by atoms with E-state index in [1.165, 1.54) is 0 Å². The topological polar surface area (TPSA) is 60.9 Å². The number of rotatable bonds is 7. The molecule has 15 heavy (non-hydrogen) atoms. The van der Waals surface area contributed by atoms with E-state index in [1.807, 2.05) is 13.1 Å². The Bertz CT molecular complexity index is 307. The van der Waals surface area contributed by atoms with E-state index in [4.69, 9.17) is 5.73 Å². The molecule has 0 aromatic carbocycles. The summed E-state index contributed by atoms with van der Waals surface area (Å²) in [6.45, 7) is 3.52. The van der Waals surface area contributed by atoms with Crippen molar-refractivity contribution >= 4 is 5.78 Å². The lowest BCUT2D eigenvalue weighted by Crippen LogP contribution is -2.01. The number of nitrogens with two attached hydrogens (primary N) is 1. The number of carbonyl (C=O) groups excluding carboxylic acids is 1. The van der Waals surface area contributed by atoms with Crippen LogP contribution in [0.3, 0.4) is 0 Å². The van der Waals surface area contributed by atoms with Crippen molar-refractivity contribution in [2.45, 2.75) is 39.2 Å². The van der Waals surface area contributed by atoms with Crippen LogP contribution >= 0.6 is 0 Å². The fourth-order valence-electron chi connectivity index (χ4n) is 1.43. The molecule has 0 aliphatic heterocycles. The summed E-state index contributed by atoms with van der Waals surface area (Å²) in [7, 11) is 0. The molecule has 0 amide bonds. The minimum Gasteiger partial charge on any atom is -0.330 e. The maximum absolute atomic E-state index is 11.7. The number of unbranched alkanes of at least 4 members (excludes halogenated alkanes) is 2. The molecule has 1 aromatic heterocycles.